The summed E-state index contributed by atoms with van der Waals surface area (Å²) in [5.74, 6) is -4.60. The minimum atomic E-state index is -1.23. The van der Waals surface area contributed by atoms with Gasteiger partial charge < -0.3 is 32.5 Å². The second kappa shape index (κ2) is 11.4. The number of carboxylic acids is 1. The van der Waals surface area contributed by atoms with Crippen molar-refractivity contribution in [2.75, 3.05) is 5.75 Å². The molecule has 11 nitrogen and oxygen atoms in total. The van der Waals surface area contributed by atoms with Crippen LogP contribution in [-0.4, -0.2) is 64.6 Å². The molecule has 8 N–H and O–H groups in total. The van der Waals surface area contributed by atoms with Crippen molar-refractivity contribution < 1.29 is 29.1 Å². The molecule has 0 aliphatic heterocycles. The van der Waals surface area contributed by atoms with Crippen LogP contribution in [0.5, 0.6) is 0 Å². The van der Waals surface area contributed by atoms with E-state index >= 15 is 0 Å². The third-order valence-electron chi connectivity index (χ3n) is 3.55. The summed E-state index contributed by atoms with van der Waals surface area (Å²) in [5, 5.41) is 15.9. The van der Waals surface area contributed by atoms with Crippen molar-refractivity contribution in [3.63, 3.8) is 0 Å². The van der Waals surface area contributed by atoms with Crippen molar-refractivity contribution >= 4 is 42.2 Å². The van der Waals surface area contributed by atoms with Gasteiger partial charge in [0.1, 0.15) is 18.1 Å². The number of thiol groups is 1. The third kappa shape index (κ3) is 8.73. The van der Waals surface area contributed by atoms with Gasteiger partial charge >= 0.3 is 5.97 Å². The van der Waals surface area contributed by atoms with Crippen molar-refractivity contribution in [2.24, 2.45) is 17.4 Å². The van der Waals surface area contributed by atoms with Gasteiger partial charge in [-0.3, -0.25) is 24.0 Å². The summed E-state index contributed by atoms with van der Waals surface area (Å²) in [7, 11) is 0. The van der Waals surface area contributed by atoms with E-state index in [9.17, 15) is 24.0 Å². The monoisotopic (exact) mass is 405 g/mol. The lowest BCUT2D eigenvalue weighted by Gasteiger charge is -2.26. The standard InChI is InChI=1S/C15H27N5O6S/c1-6(2)11(20-12(22)8(16)4-10(17)21)14(24)19-9(5-27)13(23)18-7(3)15(25)26/h6-9,11,27H,4-5,16H2,1-3H3,(H2,17,21)(H,18,23)(H,19,24)(H,20,22)(H,25,26). The first-order valence-electron chi connectivity index (χ1n) is 8.19. The topological polar surface area (TPSA) is 194 Å². The molecule has 4 unspecified atom stereocenters. The number of rotatable bonds is 11. The lowest BCUT2D eigenvalue weighted by molar-refractivity contribution is -0.141. The van der Waals surface area contributed by atoms with Crippen LogP contribution in [0.3, 0.4) is 0 Å². The van der Waals surface area contributed by atoms with Crippen molar-refractivity contribution in [1.82, 2.24) is 16.0 Å². The molecule has 0 spiro atoms. The number of aliphatic carboxylic acids is 1. The molecule has 0 saturated carbocycles. The summed E-state index contributed by atoms with van der Waals surface area (Å²) >= 11 is 3.98. The van der Waals surface area contributed by atoms with Gasteiger partial charge in [0.2, 0.25) is 23.6 Å². The number of carbonyl (C=O) groups is 5. The zero-order valence-corrected chi connectivity index (χ0v) is 16.3. The van der Waals surface area contributed by atoms with Gasteiger partial charge in [-0.2, -0.15) is 12.6 Å². The minimum absolute atomic E-state index is 0.0934. The van der Waals surface area contributed by atoms with Crippen LogP contribution in [0, 0.1) is 5.92 Å². The lowest BCUT2D eigenvalue weighted by Crippen LogP contribution is -2.58. The molecule has 0 aliphatic rings. The molecule has 0 aromatic carbocycles. The number of nitrogens with one attached hydrogen (secondary N) is 3. The van der Waals surface area contributed by atoms with E-state index in [0.717, 1.165) is 0 Å². The molecule has 0 saturated heterocycles. The van der Waals surface area contributed by atoms with E-state index < -0.39 is 53.8 Å². The predicted molar refractivity (Wildman–Crippen MR) is 99.6 cm³/mol. The summed E-state index contributed by atoms with van der Waals surface area (Å²) < 4.78 is 0. The quantitative estimate of drug-likeness (QED) is 0.182. The number of hydrogen-bond acceptors (Lipinski definition) is 7. The first-order chi connectivity index (χ1) is 12.4. The minimum Gasteiger partial charge on any atom is -0.480 e. The Morgan fingerprint density at radius 2 is 1.52 bits per heavy atom. The molecule has 0 aliphatic carbocycles. The average molecular weight is 405 g/mol. The van der Waals surface area contributed by atoms with Crippen LogP contribution < -0.4 is 27.4 Å². The molecule has 0 fully saturated rings. The Bertz CT molecular complexity index is 585. The molecule has 0 rings (SSSR count). The molecule has 4 atom stereocenters. The van der Waals surface area contributed by atoms with Crippen molar-refractivity contribution in [3.05, 3.63) is 0 Å². The second-order valence-electron chi connectivity index (χ2n) is 6.32. The zero-order valence-electron chi connectivity index (χ0n) is 15.4. The molecule has 0 heterocycles. The SMILES string of the molecule is CC(NC(=O)C(CS)NC(=O)C(NC(=O)C(N)CC(N)=O)C(C)C)C(=O)O. The summed E-state index contributed by atoms with van der Waals surface area (Å²) in [6.45, 7) is 4.59. The number of carboxylic acid groups (broad SMARTS) is 1. The van der Waals surface area contributed by atoms with Gasteiger partial charge in [-0.25, -0.2) is 0 Å². The van der Waals surface area contributed by atoms with E-state index in [-0.39, 0.29) is 18.1 Å². The van der Waals surface area contributed by atoms with Gasteiger partial charge in [0.05, 0.1) is 12.5 Å². The van der Waals surface area contributed by atoms with Gasteiger partial charge in [-0.05, 0) is 12.8 Å². The Labute approximate surface area is 162 Å². The number of hydrogen-bond donors (Lipinski definition) is 7. The smallest absolute Gasteiger partial charge is 0.325 e. The molecule has 12 heteroatoms. The summed E-state index contributed by atoms with van der Waals surface area (Å²) in [6.07, 6.45) is -0.382. The summed E-state index contributed by atoms with van der Waals surface area (Å²) in [6, 6.07) is -4.51. The van der Waals surface area contributed by atoms with Crippen molar-refractivity contribution in [2.45, 2.75) is 51.4 Å². The predicted octanol–water partition coefficient (Wildman–Crippen LogP) is -2.67. The van der Waals surface area contributed by atoms with Crippen LogP contribution in [0.4, 0.5) is 0 Å². The average Bonchev–Trinajstić information content (AvgIpc) is 2.55. The Morgan fingerprint density at radius 3 is 1.93 bits per heavy atom. The fraction of sp³-hybridized carbons (Fsp3) is 0.667. The van der Waals surface area contributed by atoms with Crippen LogP contribution in [0.15, 0.2) is 0 Å². The Kier molecular flexibility index (Phi) is 10.4. The van der Waals surface area contributed by atoms with E-state index in [2.05, 4.69) is 28.6 Å². The maximum absolute atomic E-state index is 12.5. The molecule has 27 heavy (non-hydrogen) atoms. The van der Waals surface area contributed by atoms with Gasteiger partial charge in [-0.1, -0.05) is 13.8 Å². The third-order valence-corrected chi connectivity index (χ3v) is 3.91. The summed E-state index contributed by atoms with van der Waals surface area (Å²) in [4.78, 5) is 58.2. The maximum atomic E-state index is 12.5. The van der Waals surface area contributed by atoms with Crippen LogP contribution in [0.1, 0.15) is 27.2 Å². The highest BCUT2D eigenvalue weighted by atomic mass is 32.1. The van der Waals surface area contributed by atoms with Gasteiger partial charge in [0.15, 0.2) is 0 Å². The fourth-order valence-electron chi connectivity index (χ4n) is 1.94. The molecule has 0 bridgehead atoms. The van der Waals surface area contributed by atoms with Gasteiger partial charge in [0, 0.05) is 5.75 Å². The summed E-state index contributed by atoms with van der Waals surface area (Å²) in [5.41, 5.74) is 10.5. The molecular formula is C15H27N5O6S. The van der Waals surface area contributed by atoms with Gasteiger partial charge in [-0.15, -0.1) is 0 Å². The van der Waals surface area contributed by atoms with E-state index in [1.54, 1.807) is 13.8 Å². The van der Waals surface area contributed by atoms with Crippen LogP contribution in [0.2, 0.25) is 0 Å². The first kappa shape index (κ1) is 24.7. The lowest BCUT2D eigenvalue weighted by atomic mass is 10.0. The van der Waals surface area contributed by atoms with Crippen LogP contribution >= 0.6 is 12.6 Å². The first-order valence-corrected chi connectivity index (χ1v) is 8.82. The fourth-order valence-corrected chi connectivity index (χ4v) is 2.19. The van der Waals surface area contributed by atoms with Crippen molar-refractivity contribution in [3.8, 4) is 0 Å². The molecule has 0 aromatic heterocycles. The molecule has 154 valence electrons. The number of nitrogens with two attached hydrogens (primary N) is 2. The molecule has 0 aromatic rings. The number of amides is 4. The molecule has 4 amide bonds. The maximum Gasteiger partial charge on any atom is 0.325 e. The molecular weight excluding hydrogens is 378 g/mol. The highest BCUT2D eigenvalue weighted by Gasteiger charge is 2.30. The Balaban J connectivity index is 5.04. The molecule has 0 radical (unpaired) electrons. The Morgan fingerprint density at radius 1 is 0.963 bits per heavy atom. The number of carbonyl (C=O) groups excluding carboxylic acids is 4. The highest BCUT2D eigenvalue weighted by Crippen LogP contribution is 2.04. The number of primary amides is 1. The zero-order chi connectivity index (χ0) is 21.3. The van der Waals surface area contributed by atoms with E-state index in [4.69, 9.17) is 16.6 Å². The van der Waals surface area contributed by atoms with Crippen LogP contribution in [0.25, 0.3) is 0 Å². The Hall–Kier alpha value is -2.34. The van der Waals surface area contributed by atoms with Crippen LogP contribution in [-0.2, 0) is 24.0 Å². The normalized spacial score (nSPS) is 15.2. The largest absolute Gasteiger partial charge is 0.480 e. The highest BCUT2D eigenvalue weighted by molar-refractivity contribution is 7.80. The van der Waals surface area contributed by atoms with Crippen molar-refractivity contribution in [1.29, 1.82) is 0 Å². The van der Waals surface area contributed by atoms with E-state index in [1.165, 1.54) is 6.92 Å². The van der Waals surface area contributed by atoms with E-state index in [0.29, 0.717) is 0 Å². The van der Waals surface area contributed by atoms with Gasteiger partial charge in [0.25, 0.3) is 0 Å². The second-order valence-corrected chi connectivity index (χ2v) is 6.68. The van der Waals surface area contributed by atoms with E-state index in [1.807, 2.05) is 0 Å².